The van der Waals surface area contributed by atoms with E-state index in [1.807, 2.05) is 13.8 Å². The van der Waals surface area contributed by atoms with Crippen molar-refractivity contribution in [1.29, 1.82) is 0 Å². The van der Waals surface area contributed by atoms with Crippen LogP contribution >= 0.6 is 0 Å². The fraction of sp³-hybridized carbons (Fsp3) is 1.00. The first-order valence-corrected chi connectivity index (χ1v) is 6.20. The van der Waals surface area contributed by atoms with Gasteiger partial charge in [-0.25, -0.2) is 4.39 Å². The zero-order valence-electron chi connectivity index (χ0n) is 11.1. The van der Waals surface area contributed by atoms with Crippen LogP contribution in [0.1, 0.15) is 27.7 Å². The molecule has 3 heterocycles. The van der Waals surface area contributed by atoms with Gasteiger partial charge >= 0.3 is 0 Å². The van der Waals surface area contributed by atoms with Gasteiger partial charge < -0.3 is 23.7 Å². The van der Waals surface area contributed by atoms with Crippen LogP contribution in [0.15, 0.2) is 0 Å². The molecule has 0 unspecified atom stereocenters. The lowest BCUT2D eigenvalue weighted by Crippen LogP contribution is -2.59. The van der Waals surface area contributed by atoms with E-state index in [0.29, 0.717) is 0 Å². The second kappa shape index (κ2) is 3.64. The van der Waals surface area contributed by atoms with E-state index in [-0.39, 0.29) is 18.8 Å². The van der Waals surface area contributed by atoms with E-state index in [2.05, 4.69) is 0 Å². The summed E-state index contributed by atoms with van der Waals surface area (Å²) in [6, 6.07) is 0. The van der Waals surface area contributed by atoms with Crippen LogP contribution in [-0.2, 0) is 23.7 Å². The maximum absolute atomic E-state index is 13.4. The fourth-order valence-electron chi connectivity index (χ4n) is 2.94. The topological polar surface area (TPSA) is 46.2 Å². The van der Waals surface area contributed by atoms with Crippen molar-refractivity contribution in [3.63, 3.8) is 0 Å². The molecule has 18 heavy (non-hydrogen) atoms. The van der Waals surface area contributed by atoms with E-state index < -0.39 is 30.1 Å². The Hall–Kier alpha value is -0.270. The van der Waals surface area contributed by atoms with Crippen LogP contribution in [0.3, 0.4) is 0 Å². The molecule has 0 aliphatic carbocycles. The predicted octanol–water partition coefficient (Wildman–Crippen LogP) is 1.35. The minimum atomic E-state index is -1.37. The first kappa shape index (κ1) is 12.7. The lowest BCUT2D eigenvalue weighted by atomic mass is 9.98. The summed E-state index contributed by atoms with van der Waals surface area (Å²) in [7, 11) is 0. The van der Waals surface area contributed by atoms with Gasteiger partial charge in [0.1, 0.15) is 25.0 Å². The number of alkyl halides is 1. The van der Waals surface area contributed by atoms with Gasteiger partial charge in [-0.05, 0) is 27.7 Å². The van der Waals surface area contributed by atoms with Gasteiger partial charge in [-0.2, -0.15) is 0 Å². The third-order valence-corrected chi connectivity index (χ3v) is 3.46. The van der Waals surface area contributed by atoms with Crippen LogP contribution in [0, 0.1) is 0 Å². The second-order valence-corrected chi connectivity index (χ2v) is 5.94. The Morgan fingerprint density at radius 2 is 1.78 bits per heavy atom. The maximum atomic E-state index is 13.4. The molecule has 0 amide bonds. The summed E-state index contributed by atoms with van der Waals surface area (Å²) in [6.07, 6.45) is -1.23. The zero-order chi connectivity index (χ0) is 13.2. The maximum Gasteiger partial charge on any atom is 0.229 e. The Balaban J connectivity index is 1.90. The average molecular weight is 262 g/mol. The summed E-state index contributed by atoms with van der Waals surface area (Å²) in [6.45, 7) is 6.60. The molecule has 0 bridgehead atoms. The van der Waals surface area contributed by atoms with Gasteiger partial charge in [0, 0.05) is 0 Å². The first-order valence-electron chi connectivity index (χ1n) is 6.20. The van der Waals surface area contributed by atoms with Gasteiger partial charge in [0.15, 0.2) is 11.6 Å². The molecule has 0 radical (unpaired) electrons. The molecule has 0 aromatic heterocycles. The third-order valence-electron chi connectivity index (χ3n) is 3.46. The molecule has 3 aliphatic rings. The second-order valence-electron chi connectivity index (χ2n) is 5.94. The molecule has 5 nitrogen and oxygen atoms in total. The monoisotopic (exact) mass is 262 g/mol. The Morgan fingerprint density at radius 1 is 1.06 bits per heavy atom. The van der Waals surface area contributed by atoms with Gasteiger partial charge in [0.2, 0.25) is 5.79 Å². The molecule has 3 aliphatic heterocycles. The van der Waals surface area contributed by atoms with Crippen LogP contribution < -0.4 is 0 Å². The number of rotatable bonds is 1. The summed E-state index contributed by atoms with van der Waals surface area (Å²) in [5, 5.41) is 0. The zero-order valence-corrected chi connectivity index (χ0v) is 11.1. The van der Waals surface area contributed by atoms with Crippen LogP contribution in [0.2, 0.25) is 0 Å². The first-order chi connectivity index (χ1) is 8.27. The highest BCUT2D eigenvalue weighted by Crippen LogP contribution is 2.47. The van der Waals surface area contributed by atoms with E-state index in [9.17, 15) is 4.39 Å². The molecular formula is C12H19FO5. The molecule has 3 fully saturated rings. The highest BCUT2D eigenvalue weighted by atomic mass is 19.1. The standard InChI is InChI=1S/C12H19FO5/c1-10(2)15-7-5-14-12(6-13)9(8(7)16-10)17-11(3,4)18-12/h7-9H,5-6H2,1-4H3/t7-,8-,9+,12+/m1/s1. The van der Waals surface area contributed by atoms with Crippen molar-refractivity contribution in [3.8, 4) is 0 Å². The molecule has 0 aromatic rings. The molecule has 0 saturated carbocycles. The molecule has 4 atom stereocenters. The smallest absolute Gasteiger partial charge is 0.229 e. The number of halogens is 1. The van der Waals surface area contributed by atoms with Gasteiger partial charge in [0.05, 0.1) is 6.61 Å². The van der Waals surface area contributed by atoms with Gasteiger partial charge in [-0.1, -0.05) is 0 Å². The Labute approximate surface area is 105 Å². The number of hydrogen-bond acceptors (Lipinski definition) is 5. The summed E-state index contributed by atoms with van der Waals surface area (Å²) < 4.78 is 41.8. The largest absolute Gasteiger partial charge is 0.342 e. The Kier molecular flexibility index (Phi) is 2.58. The normalized spacial score (nSPS) is 48.8. The molecule has 0 N–H and O–H groups in total. The van der Waals surface area contributed by atoms with Crippen LogP contribution in [0.5, 0.6) is 0 Å². The predicted molar refractivity (Wildman–Crippen MR) is 58.5 cm³/mol. The van der Waals surface area contributed by atoms with E-state index >= 15 is 0 Å². The minimum absolute atomic E-state index is 0.244. The SMILES string of the molecule is CC1(C)O[C@@H]2[C@@H](CO[C@@]3(CF)OC(C)(C)O[C@@H]23)O1. The van der Waals surface area contributed by atoms with Gasteiger partial charge in [-0.3, -0.25) is 0 Å². The number of ether oxygens (including phenoxy) is 5. The average Bonchev–Trinajstić information content (AvgIpc) is 2.70. The van der Waals surface area contributed by atoms with Crippen molar-refractivity contribution in [2.75, 3.05) is 13.3 Å². The summed E-state index contributed by atoms with van der Waals surface area (Å²) in [5.41, 5.74) is 0. The van der Waals surface area contributed by atoms with Crippen molar-refractivity contribution in [2.45, 2.75) is 63.4 Å². The molecule has 3 rings (SSSR count). The summed E-state index contributed by atoms with van der Waals surface area (Å²) >= 11 is 0. The highest BCUT2D eigenvalue weighted by molar-refractivity contribution is 5.03. The van der Waals surface area contributed by atoms with Crippen molar-refractivity contribution in [2.24, 2.45) is 0 Å². The highest BCUT2D eigenvalue weighted by Gasteiger charge is 2.65. The van der Waals surface area contributed by atoms with Crippen LogP contribution in [0.25, 0.3) is 0 Å². The summed E-state index contributed by atoms with van der Waals surface area (Å²) in [4.78, 5) is 0. The van der Waals surface area contributed by atoms with Crippen molar-refractivity contribution >= 4 is 0 Å². The van der Waals surface area contributed by atoms with E-state index in [1.54, 1.807) is 13.8 Å². The minimum Gasteiger partial charge on any atom is -0.342 e. The van der Waals surface area contributed by atoms with Crippen LogP contribution in [-0.4, -0.2) is 49.0 Å². The molecule has 104 valence electrons. The van der Waals surface area contributed by atoms with Crippen molar-refractivity contribution < 1.29 is 28.1 Å². The Morgan fingerprint density at radius 3 is 2.44 bits per heavy atom. The lowest BCUT2D eigenvalue weighted by molar-refractivity contribution is -0.286. The molecule has 3 saturated heterocycles. The molecular weight excluding hydrogens is 243 g/mol. The van der Waals surface area contributed by atoms with Gasteiger partial charge in [-0.15, -0.1) is 0 Å². The number of hydrogen-bond donors (Lipinski definition) is 0. The van der Waals surface area contributed by atoms with E-state index in [1.165, 1.54) is 0 Å². The lowest BCUT2D eigenvalue weighted by Gasteiger charge is -2.38. The van der Waals surface area contributed by atoms with Crippen LogP contribution in [0.4, 0.5) is 4.39 Å². The fourth-order valence-corrected chi connectivity index (χ4v) is 2.94. The van der Waals surface area contributed by atoms with E-state index in [0.717, 1.165) is 0 Å². The summed E-state index contributed by atoms with van der Waals surface area (Å²) in [5.74, 6) is -2.96. The quantitative estimate of drug-likeness (QED) is 0.714. The van der Waals surface area contributed by atoms with Gasteiger partial charge in [0.25, 0.3) is 0 Å². The number of fused-ring (bicyclic) bond motifs is 3. The van der Waals surface area contributed by atoms with Crippen molar-refractivity contribution in [1.82, 2.24) is 0 Å². The van der Waals surface area contributed by atoms with E-state index in [4.69, 9.17) is 23.7 Å². The van der Waals surface area contributed by atoms with Crippen molar-refractivity contribution in [3.05, 3.63) is 0 Å². The third kappa shape index (κ3) is 1.78. The Bertz CT molecular complexity index is 358. The molecule has 6 heteroatoms. The molecule has 0 spiro atoms. The molecule has 0 aromatic carbocycles.